The van der Waals surface area contributed by atoms with Crippen LogP contribution in [0.15, 0.2) is 12.2 Å². The highest BCUT2D eigenvalue weighted by molar-refractivity contribution is 4.84. The van der Waals surface area contributed by atoms with E-state index in [2.05, 4.69) is 13.5 Å². The van der Waals surface area contributed by atoms with Crippen LogP contribution < -0.4 is 0 Å². The molecule has 0 unspecified atom stereocenters. The van der Waals surface area contributed by atoms with E-state index < -0.39 is 0 Å². The highest BCUT2D eigenvalue weighted by Crippen LogP contribution is 1.88. The molecule has 0 aliphatic heterocycles. The van der Waals surface area contributed by atoms with Crippen molar-refractivity contribution in [3.63, 3.8) is 0 Å². The first kappa shape index (κ1) is 17.0. The Labute approximate surface area is 72.1 Å². The summed E-state index contributed by atoms with van der Waals surface area (Å²) in [6, 6.07) is 0. The monoisotopic (exact) mass is 160 g/mol. The summed E-state index contributed by atoms with van der Waals surface area (Å²) < 4.78 is 0. The normalized spacial score (nSPS) is 6.73. The molecule has 0 aromatic rings. The van der Waals surface area contributed by atoms with Crippen LogP contribution in [0.2, 0.25) is 0 Å². The molecule has 11 heavy (non-hydrogen) atoms. The molecule has 0 aromatic heterocycles. The third-order valence-corrected chi connectivity index (χ3v) is 0.827. The average Bonchev–Trinajstić information content (AvgIpc) is 2.08. The number of rotatable bonds is 2. The lowest BCUT2D eigenvalue weighted by molar-refractivity contribution is 0.295. The maximum absolute atomic E-state index is 7.88. The number of hydrogen-bond donors (Lipinski definition) is 1. The zero-order valence-corrected chi connectivity index (χ0v) is 8.78. The van der Waals surface area contributed by atoms with Crippen LogP contribution in [0.5, 0.6) is 0 Å². The first-order valence-electron chi connectivity index (χ1n) is 4.44. The van der Waals surface area contributed by atoms with E-state index in [9.17, 15) is 0 Å². The van der Waals surface area contributed by atoms with Gasteiger partial charge >= 0.3 is 0 Å². The summed E-state index contributed by atoms with van der Waals surface area (Å²) in [5.74, 6) is 0. The highest BCUT2D eigenvalue weighted by Gasteiger charge is 1.67. The molecule has 1 N–H and O–H groups in total. The van der Waals surface area contributed by atoms with Gasteiger partial charge in [-0.3, -0.25) is 0 Å². The topological polar surface area (TPSA) is 20.2 Å². The van der Waals surface area contributed by atoms with Crippen molar-refractivity contribution in [2.24, 2.45) is 0 Å². The first-order chi connectivity index (χ1) is 5.18. The van der Waals surface area contributed by atoms with E-state index in [1.54, 1.807) is 0 Å². The van der Waals surface area contributed by atoms with Gasteiger partial charge in [-0.25, -0.2) is 0 Å². The van der Waals surface area contributed by atoms with Crippen LogP contribution in [0, 0.1) is 0 Å². The summed E-state index contributed by atoms with van der Waals surface area (Å²) in [5.41, 5.74) is 1.25. The third-order valence-electron chi connectivity index (χ3n) is 0.827. The standard InChI is InChI=1S/C5H10.C3H8O.C2H6/c1-4-5(2)3;1-2-3-4;1-2/h2,4H2,1,3H3;4H,2-3H2,1H3;1-2H3. The molecule has 0 rings (SSSR count). The van der Waals surface area contributed by atoms with E-state index in [1.807, 2.05) is 27.7 Å². The SMILES string of the molecule is C=C(C)CC.CC.CCCO. The van der Waals surface area contributed by atoms with Crippen LogP contribution >= 0.6 is 0 Å². The summed E-state index contributed by atoms with van der Waals surface area (Å²) in [4.78, 5) is 0. The fraction of sp³-hybridized carbons (Fsp3) is 0.800. The molecule has 0 spiro atoms. The van der Waals surface area contributed by atoms with E-state index in [1.165, 1.54) is 5.57 Å². The fourth-order valence-electron chi connectivity index (χ4n) is 0. The molecule has 0 fully saturated rings. The summed E-state index contributed by atoms with van der Waals surface area (Å²) in [5, 5.41) is 7.88. The predicted molar refractivity (Wildman–Crippen MR) is 53.8 cm³/mol. The van der Waals surface area contributed by atoms with Crippen LogP contribution in [0.3, 0.4) is 0 Å². The second kappa shape index (κ2) is 22.6. The maximum atomic E-state index is 7.88. The van der Waals surface area contributed by atoms with Crippen molar-refractivity contribution in [2.75, 3.05) is 6.61 Å². The minimum atomic E-state index is 0.319. The Balaban J connectivity index is -0.0000000965. The molecule has 1 nitrogen and oxygen atoms in total. The number of aliphatic hydroxyl groups excluding tert-OH is 1. The van der Waals surface area contributed by atoms with Gasteiger partial charge in [-0.05, 0) is 19.8 Å². The quantitative estimate of drug-likeness (QED) is 0.614. The van der Waals surface area contributed by atoms with Gasteiger partial charge in [-0.1, -0.05) is 33.3 Å². The van der Waals surface area contributed by atoms with Crippen molar-refractivity contribution in [3.05, 3.63) is 12.2 Å². The van der Waals surface area contributed by atoms with Gasteiger partial charge in [0.1, 0.15) is 0 Å². The summed E-state index contributed by atoms with van der Waals surface area (Å²) in [7, 11) is 0. The summed E-state index contributed by atoms with van der Waals surface area (Å²) in [6.07, 6.45) is 1.99. The van der Waals surface area contributed by atoms with Crippen LogP contribution in [-0.2, 0) is 0 Å². The second-order valence-corrected chi connectivity index (χ2v) is 2.03. The Hall–Kier alpha value is -0.300. The maximum Gasteiger partial charge on any atom is 0.0428 e. The van der Waals surface area contributed by atoms with Crippen molar-refractivity contribution in [1.29, 1.82) is 0 Å². The fourth-order valence-corrected chi connectivity index (χ4v) is 0. The van der Waals surface area contributed by atoms with Gasteiger partial charge in [0.15, 0.2) is 0 Å². The lowest BCUT2D eigenvalue weighted by atomic mass is 10.3. The zero-order chi connectivity index (χ0) is 9.70. The molecule has 0 atom stereocenters. The molecule has 0 aliphatic rings. The lowest BCUT2D eigenvalue weighted by Gasteiger charge is -1.79. The molecule has 0 amide bonds. The van der Waals surface area contributed by atoms with Gasteiger partial charge in [0, 0.05) is 6.61 Å². The molecular weight excluding hydrogens is 136 g/mol. The van der Waals surface area contributed by atoms with Crippen molar-refractivity contribution < 1.29 is 5.11 Å². The molecule has 0 heterocycles. The first-order valence-corrected chi connectivity index (χ1v) is 4.44. The van der Waals surface area contributed by atoms with Crippen LogP contribution in [-0.4, -0.2) is 11.7 Å². The highest BCUT2D eigenvalue weighted by atomic mass is 16.2. The van der Waals surface area contributed by atoms with E-state index in [4.69, 9.17) is 5.11 Å². The Bertz CT molecular complexity index is 55.9. The predicted octanol–water partition coefficient (Wildman–Crippen LogP) is 3.39. The molecule has 0 radical (unpaired) electrons. The van der Waals surface area contributed by atoms with Gasteiger partial charge in [-0.2, -0.15) is 0 Å². The Morgan fingerprint density at radius 1 is 1.27 bits per heavy atom. The second-order valence-electron chi connectivity index (χ2n) is 2.03. The van der Waals surface area contributed by atoms with Crippen LogP contribution in [0.4, 0.5) is 0 Å². The molecule has 0 saturated heterocycles. The Kier molecular flexibility index (Phi) is 34.9. The Morgan fingerprint density at radius 2 is 1.45 bits per heavy atom. The minimum Gasteiger partial charge on any atom is -0.396 e. The van der Waals surface area contributed by atoms with Gasteiger partial charge in [0.25, 0.3) is 0 Å². The van der Waals surface area contributed by atoms with Crippen LogP contribution in [0.25, 0.3) is 0 Å². The summed E-state index contributed by atoms with van der Waals surface area (Å²) in [6.45, 7) is 14.1. The van der Waals surface area contributed by atoms with Gasteiger partial charge in [0.05, 0.1) is 0 Å². The van der Waals surface area contributed by atoms with E-state index in [-0.39, 0.29) is 0 Å². The van der Waals surface area contributed by atoms with E-state index >= 15 is 0 Å². The number of hydrogen-bond acceptors (Lipinski definition) is 1. The molecule has 1 heteroatoms. The molecule has 0 bridgehead atoms. The third kappa shape index (κ3) is 78.9. The number of allylic oxidation sites excluding steroid dienone is 1. The smallest absolute Gasteiger partial charge is 0.0428 e. The van der Waals surface area contributed by atoms with Gasteiger partial charge in [0.2, 0.25) is 0 Å². The molecule has 70 valence electrons. The minimum absolute atomic E-state index is 0.319. The van der Waals surface area contributed by atoms with Crippen LogP contribution in [0.1, 0.15) is 47.5 Å². The Morgan fingerprint density at radius 3 is 1.45 bits per heavy atom. The van der Waals surface area contributed by atoms with E-state index in [0.29, 0.717) is 6.61 Å². The lowest BCUT2D eigenvalue weighted by Crippen LogP contribution is -1.69. The molecule has 0 saturated carbocycles. The molecule has 0 aliphatic carbocycles. The zero-order valence-electron chi connectivity index (χ0n) is 8.78. The van der Waals surface area contributed by atoms with Crippen molar-refractivity contribution in [1.82, 2.24) is 0 Å². The molecule has 0 aromatic carbocycles. The molecular formula is C10H24O. The van der Waals surface area contributed by atoms with Crippen molar-refractivity contribution in [2.45, 2.75) is 47.5 Å². The van der Waals surface area contributed by atoms with Gasteiger partial charge < -0.3 is 5.11 Å². The van der Waals surface area contributed by atoms with Crippen molar-refractivity contribution in [3.8, 4) is 0 Å². The van der Waals surface area contributed by atoms with Gasteiger partial charge in [-0.15, -0.1) is 6.58 Å². The average molecular weight is 160 g/mol. The number of aliphatic hydroxyl groups is 1. The largest absolute Gasteiger partial charge is 0.396 e. The summed E-state index contributed by atoms with van der Waals surface area (Å²) >= 11 is 0. The van der Waals surface area contributed by atoms with Crippen molar-refractivity contribution >= 4 is 0 Å². The van der Waals surface area contributed by atoms with E-state index in [0.717, 1.165) is 12.8 Å².